The molecule has 1 aromatic rings. The van der Waals surface area contributed by atoms with Gasteiger partial charge >= 0.3 is 0 Å². The van der Waals surface area contributed by atoms with Gasteiger partial charge < -0.3 is 15.4 Å². The number of terminal acetylenes is 1. The number of nitrogens with one attached hydrogen (secondary N) is 2. The van der Waals surface area contributed by atoms with Crippen LogP contribution in [0.5, 0.6) is 5.75 Å². The molecule has 0 aromatic heterocycles. The average molecular weight is 264 g/mol. The van der Waals surface area contributed by atoms with Crippen LogP contribution in [0.15, 0.2) is 18.2 Å². The summed E-state index contributed by atoms with van der Waals surface area (Å²) in [4.78, 5) is 11.6. The molecule has 19 heavy (non-hydrogen) atoms. The third-order valence-electron chi connectivity index (χ3n) is 2.37. The monoisotopic (exact) mass is 264 g/mol. The molecule has 0 saturated carbocycles. The number of rotatable bonds is 6. The predicted molar refractivity (Wildman–Crippen MR) is 72.5 cm³/mol. The maximum Gasteiger partial charge on any atom is 0.242 e. The van der Waals surface area contributed by atoms with E-state index < -0.39 is 11.9 Å². The highest BCUT2D eigenvalue weighted by Gasteiger charge is 2.12. The molecule has 0 spiro atoms. The molecule has 4 nitrogen and oxygen atoms in total. The normalized spacial score (nSPS) is 11.3. The van der Waals surface area contributed by atoms with E-state index in [1.807, 2.05) is 0 Å². The van der Waals surface area contributed by atoms with Gasteiger partial charge in [0.25, 0.3) is 0 Å². The Morgan fingerprint density at radius 2 is 2.32 bits per heavy atom. The van der Waals surface area contributed by atoms with Gasteiger partial charge in [-0.05, 0) is 26.0 Å². The Hall–Kier alpha value is -2.22. The highest BCUT2D eigenvalue weighted by molar-refractivity contribution is 5.84. The van der Waals surface area contributed by atoms with Crippen LogP contribution >= 0.6 is 0 Å². The summed E-state index contributed by atoms with van der Waals surface area (Å²) in [6.07, 6.45) is 5.05. The second kappa shape index (κ2) is 7.27. The van der Waals surface area contributed by atoms with E-state index in [1.54, 1.807) is 19.9 Å². The molecular weight excluding hydrogens is 247 g/mol. The summed E-state index contributed by atoms with van der Waals surface area (Å²) in [5, 5.41) is 5.43. The Morgan fingerprint density at radius 3 is 2.89 bits per heavy atom. The van der Waals surface area contributed by atoms with Crippen molar-refractivity contribution in [2.45, 2.75) is 19.9 Å². The third-order valence-corrected chi connectivity index (χ3v) is 2.37. The fourth-order valence-corrected chi connectivity index (χ4v) is 1.47. The lowest BCUT2D eigenvalue weighted by molar-refractivity contribution is -0.121. The molecule has 5 heteroatoms. The molecule has 1 atom stereocenters. The minimum atomic E-state index is -0.509. The van der Waals surface area contributed by atoms with Crippen LogP contribution < -0.4 is 15.4 Å². The molecule has 0 saturated heterocycles. The number of hydrogen-bond donors (Lipinski definition) is 2. The lowest BCUT2D eigenvalue weighted by Gasteiger charge is -2.15. The van der Waals surface area contributed by atoms with Gasteiger partial charge in [0, 0.05) is 11.8 Å². The lowest BCUT2D eigenvalue weighted by atomic mass is 10.2. The van der Waals surface area contributed by atoms with Crippen molar-refractivity contribution in [2.75, 3.05) is 18.5 Å². The Bertz CT molecular complexity index is 483. The van der Waals surface area contributed by atoms with Crippen LogP contribution in [0.25, 0.3) is 0 Å². The van der Waals surface area contributed by atoms with Gasteiger partial charge in [0.15, 0.2) is 11.6 Å². The van der Waals surface area contributed by atoms with E-state index in [0.29, 0.717) is 12.3 Å². The van der Waals surface area contributed by atoms with Crippen LogP contribution in [0.4, 0.5) is 10.1 Å². The maximum absolute atomic E-state index is 13.6. The Labute approximate surface area is 112 Å². The van der Waals surface area contributed by atoms with Crippen LogP contribution in [0, 0.1) is 18.2 Å². The fraction of sp³-hybridized carbons (Fsp3) is 0.357. The summed E-state index contributed by atoms with van der Waals surface area (Å²) in [6, 6.07) is 3.95. The van der Waals surface area contributed by atoms with Crippen LogP contribution in [0.1, 0.15) is 13.8 Å². The van der Waals surface area contributed by atoms with E-state index in [4.69, 9.17) is 11.2 Å². The van der Waals surface area contributed by atoms with Crippen molar-refractivity contribution in [3.05, 3.63) is 24.0 Å². The van der Waals surface area contributed by atoms with Crippen molar-refractivity contribution >= 4 is 11.6 Å². The molecule has 0 fully saturated rings. The van der Waals surface area contributed by atoms with E-state index in [9.17, 15) is 9.18 Å². The molecule has 1 unspecified atom stereocenters. The first-order chi connectivity index (χ1) is 9.08. The number of halogens is 1. The number of carbonyl (C=O) groups is 1. The fourth-order valence-electron chi connectivity index (χ4n) is 1.47. The van der Waals surface area contributed by atoms with Gasteiger partial charge in [-0.15, -0.1) is 6.42 Å². The zero-order chi connectivity index (χ0) is 14.3. The van der Waals surface area contributed by atoms with Gasteiger partial charge in [0.05, 0.1) is 13.2 Å². The van der Waals surface area contributed by atoms with Crippen LogP contribution in [-0.2, 0) is 4.79 Å². The van der Waals surface area contributed by atoms with Crippen molar-refractivity contribution in [1.82, 2.24) is 5.32 Å². The molecule has 0 bridgehead atoms. The molecule has 0 radical (unpaired) electrons. The molecule has 0 aliphatic carbocycles. The van der Waals surface area contributed by atoms with E-state index in [0.717, 1.165) is 0 Å². The number of ether oxygens (including phenoxy) is 1. The molecule has 0 heterocycles. The number of anilines is 1. The largest absolute Gasteiger partial charge is 0.491 e. The summed E-state index contributed by atoms with van der Waals surface area (Å²) in [5.41, 5.74) is 0.504. The molecule has 102 valence electrons. The van der Waals surface area contributed by atoms with Crippen LogP contribution in [0.3, 0.4) is 0 Å². The summed E-state index contributed by atoms with van der Waals surface area (Å²) < 4.78 is 18.7. The number of amides is 1. The second-order valence-corrected chi connectivity index (χ2v) is 3.87. The summed E-state index contributed by atoms with van der Waals surface area (Å²) in [7, 11) is 0. The number of hydrogen-bond acceptors (Lipinski definition) is 3. The van der Waals surface area contributed by atoms with Crippen molar-refractivity contribution in [3.8, 4) is 18.1 Å². The molecule has 1 rings (SSSR count). The van der Waals surface area contributed by atoms with Crippen LogP contribution in [0.2, 0.25) is 0 Å². The first-order valence-electron chi connectivity index (χ1n) is 5.98. The third kappa shape index (κ3) is 4.51. The topological polar surface area (TPSA) is 50.4 Å². The molecule has 1 amide bonds. The lowest BCUT2D eigenvalue weighted by Crippen LogP contribution is -2.37. The van der Waals surface area contributed by atoms with Gasteiger partial charge in [-0.25, -0.2) is 4.39 Å². The first kappa shape index (κ1) is 14.8. The number of benzene rings is 1. The van der Waals surface area contributed by atoms with E-state index >= 15 is 0 Å². The molecule has 0 aliphatic heterocycles. The van der Waals surface area contributed by atoms with Crippen molar-refractivity contribution < 1.29 is 13.9 Å². The smallest absolute Gasteiger partial charge is 0.242 e. The Balaban J connectivity index is 2.64. The second-order valence-electron chi connectivity index (χ2n) is 3.87. The summed E-state index contributed by atoms with van der Waals surface area (Å²) >= 11 is 0. The van der Waals surface area contributed by atoms with Crippen molar-refractivity contribution in [1.29, 1.82) is 0 Å². The zero-order valence-electron chi connectivity index (χ0n) is 11.0. The van der Waals surface area contributed by atoms with Crippen molar-refractivity contribution in [2.24, 2.45) is 0 Å². The number of carbonyl (C=O) groups excluding carboxylic acids is 1. The minimum absolute atomic E-state index is 0.169. The maximum atomic E-state index is 13.6. The van der Waals surface area contributed by atoms with Crippen LogP contribution in [-0.4, -0.2) is 25.1 Å². The summed E-state index contributed by atoms with van der Waals surface area (Å²) in [5.74, 6) is 1.79. The van der Waals surface area contributed by atoms with E-state index in [-0.39, 0.29) is 18.2 Å². The minimum Gasteiger partial charge on any atom is -0.491 e. The zero-order valence-corrected chi connectivity index (χ0v) is 11.0. The van der Waals surface area contributed by atoms with E-state index in [1.165, 1.54) is 12.1 Å². The van der Waals surface area contributed by atoms with E-state index in [2.05, 4.69) is 16.6 Å². The standard InChI is InChI=1S/C14H17FN2O2/c1-4-8-16-14(18)10(3)17-11-6-7-13(19-5-2)12(15)9-11/h1,6-7,9-10,17H,5,8H2,2-3H3,(H,16,18). The molecular formula is C14H17FN2O2. The Kier molecular flexibility index (Phi) is 5.68. The summed E-state index contributed by atoms with van der Waals surface area (Å²) in [6.45, 7) is 4.01. The average Bonchev–Trinajstić information content (AvgIpc) is 2.39. The highest BCUT2D eigenvalue weighted by Crippen LogP contribution is 2.21. The molecule has 1 aromatic carbocycles. The Morgan fingerprint density at radius 1 is 1.58 bits per heavy atom. The van der Waals surface area contributed by atoms with Crippen molar-refractivity contribution in [3.63, 3.8) is 0 Å². The quantitative estimate of drug-likeness (QED) is 0.770. The predicted octanol–water partition coefficient (Wildman–Crippen LogP) is 1.77. The first-order valence-corrected chi connectivity index (χ1v) is 5.98. The van der Waals surface area contributed by atoms with Gasteiger partial charge in [-0.1, -0.05) is 5.92 Å². The molecule has 2 N–H and O–H groups in total. The highest BCUT2D eigenvalue weighted by atomic mass is 19.1. The molecule has 0 aliphatic rings. The van der Waals surface area contributed by atoms with Gasteiger partial charge in [-0.3, -0.25) is 4.79 Å². The van der Waals surface area contributed by atoms with Gasteiger partial charge in [-0.2, -0.15) is 0 Å². The van der Waals surface area contributed by atoms with Gasteiger partial charge in [0.1, 0.15) is 6.04 Å². The SMILES string of the molecule is C#CCNC(=O)C(C)Nc1ccc(OCC)c(F)c1. The van der Waals surface area contributed by atoms with Gasteiger partial charge in [0.2, 0.25) is 5.91 Å².